The van der Waals surface area contributed by atoms with Crippen molar-refractivity contribution >= 4 is 27.3 Å². The summed E-state index contributed by atoms with van der Waals surface area (Å²) in [6.45, 7) is 0.322. The number of halogens is 1. The van der Waals surface area contributed by atoms with E-state index in [1.165, 1.54) is 7.11 Å². The van der Waals surface area contributed by atoms with Gasteiger partial charge >= 0.3 is 0 Å². The lowest BCUT2D eigenvalue weighted by molar-refractivity contribution is -0.119. The summed E-state index contributed by atoms with van der Waals surface area (Å²) in [6.07, 6.45) is 1.56. The fraction of sp³-hybridized carbons (Fsp3) is 0.875. The Kier molecular flexibility index (Phi) is 6.87. The van der Waals surface area contributed by atoms with Gasteiger partial charge in [-0.1, -0.05) is 0 Å². The highest BCUT2D eigenvalue weighted by Crippen LogP contribution is 1.96. The van der Waals surface area contributed by atoms with Gasteiger partial charge in [-0.15, -0.1) is 11.6 Å². The number of hydrogen-bond donors (Lipinski definition) is 1. The average Bonchev–Trinajstić information content (AvgIpc) is 2.00. The van der Waals surface area contributed by atoms with Gasteiger partial charge in [0.05, 0.1) is 12.6 Å². The van der Waals surface area contributed by atoms with Crippen LogP contribution in [0.1, 0.15) is 6.42 Å². The van der Waals surface area contributed by atoms with Crippen molar-refractivity contribution in [2.75, 3.05) is 31.6 Å². The largest absolute Gasteiger partial charge is 0.383 e. The van der Waals surface area contributed by atoms with Gasteiger partial charge in [-0.2, -0.15) is 0 Å². The molecular weight excluding hydrogens is 242 g/mol. The molecule has 7 heteroatoms. The Hall–Kier alpha value is -0.330. The lowest BCUT2D eigenvalue weighted by Gasteiger charge is -2.16. The monoisotopic (exact) mass is 257 g/mol. The van der Waals surface area contributed by atoms with E-state index in [1.807, 2.05) is 0 Å². The van der Waals surface area contributed by atoms with E-state index in [9.17, 15) is 13.2 Å². The van der Waals surface area contributed by atoms with Crippen molar-refractivity contribution in [3.63, 3.8) is 0 Å². The summed E-state index contributed by atoms with van der Waals surface area (Å²) in [5, 5.41) is 2.55. The Labute approximate surface area is 95.0 Å². The molecule has 0 saturated carbocycles. The summed E-state index contributed by atoms with van der Waals surface area (Å²) in [6, 6.07) is -0.234. The zero-order valence-electron chi connectivity index (χ0n) is 8.82. The summed E-state index contributed by atoms with van der Waals surface area (Å²) in [4.78, 5) is 11.2. The second kappa shape index (κ2) is 7.03. The molecule has 1 unspecified atom stereocenters. The van der Waals surface area contributed by atoms with Crippen LogP contribution in [0.4, 0.5) is 0 Å². The lowest BCUT2D eigenvalue weighted by atomic mass is 10.2. The van der Waals surface area contributed by atoms with Gasteiger partial charge < -0.3 is 10.1 Å². The van der Waals surface area contributed by atoms with Crippen LogP contribution in [0.3, 0.4) is 0 Å². The Bertz CT molecular complexity index is 285. The number of carbonyl (C=O) groups is 1. The van der Waals surface area contributed by atoms with Gasteiger partial charge in [-0.05, 0) is 6.42 Å². The summed E-state index contributed by atoms with van der Waals surface area (Å²) < 4.78 is 26.5. The summed E-state index contributed by atoms with van der Waals surface area (Å²) in [5.41, 5.74) is 0. The molecule has 0 heterocycles. The molecule has 15 heavy (non-hydrogen) atoms. The maximum Gasteiger partial charge on any atom is 0.235 e. The molecule has 0 aliphatic rings. The fourth-order valence-corrected chi connectivity index (χ4v) is 1.86. The predicted octanol–water partition coefficient (Wildman–Crippen LogP) is -0.209. The molecule has 1 N–H and O–H groups in total. The smallest absolute Gasteiger partial charge is 0.235 e. The van der Waals surface area contributed by atoms with Crippen molar-refractivity contribution in [1.29, 1.82) is 0 Å². The number of ether oxygens (including phenoxy) is 1. The Morgan fingerprint density at radius 3 is 2.53 bits per heavy atom. The van der Waals surface area contributed by atoms with Crippen molar-refractivity contribution in [2.24, 2.45) is 0 Å². The van der Waals surface area contributed by atoms with Gasteiger partial charge in [-0.25, -0.2) is 8.42 Å². The fourth-order valence-electron chi connectivity index (χ4n) is 1.04. The highest BCUT2D eigenvalue weighted by molar-refractivity contribution is 7.91. The summed E-state index contributed by atoms with van der Waals surface area (Å²) in [7, 11) is -1.78. The second-order valence-corrected chi connectivity index (χ2v) is 5.79. The molecule has 90 valence electrons. The van der Waals surface area contributed by atoms with E-state index < -0.39 is 21.5 Å². The first-order chi connectivity index (χ1) is 6.89. The Morgan fingerprint density at radius 1 is 1.53 bits per heavy atom. The number of alkyl halides is 1. The van der Waals surface area contributed by atoms with E-state index in [0.717, 1.165) is 6.26 Å². The first-order valence-corrected chi connectivity index (χ1v) is 7.00. The molecule has 0 aliphatic carbocycles. The lowest BCUT2D eigenvalue weighted by Crippen LogP contribution is -2.41. The number of carbonyl (C=O) groups excluding carboxylic acids is 1. The van der Waals surface area contributed by atoms with E-state index >= 15 is 0 Å². The molecule has 0 rings (SSSR count). The molecule has 0 aromatic carbocycles. The number of sulfone groups is 1. The van der Waals surface area contributed by atoms with Gasteiger partial charge in [0, 0.05) is 19.2 Å². The Balaban J connectivity index is 4.10. The van der Waals surface area contributed by atoms with Crippen LogP contribution in [0.2, 0.25) is 0 Å². The van der Waals surface area contributed by atoms with Crippen LogP contribution in [-0.4, -0.2) is 52.0 Å². The predicted molar refractivity (Wildman–Crippen MR) is 58.9 cm³/mol. The zero-order valence-corrected chi connectivity index (χ0v) is 10.4. The van der Waals surface area contributed by atoms with E-state index in [0.29, 0.717) is 18.9 Å². The normalized spacial score (nSPS) is 13.5. The van der Waals surface area contributed by atoms with Gasteiger partial charge in [0.1, 0.15) is 5.75 Å². The number of rotatable bonds is 7. The molecular formula is C8H16ClNO4S. The van der Waals surface area contributed by atoms with Crippen molar-refractivity contribution in [1.82, 2.24) is 5.32 Å². The number of amides is 1. The third kappa shape index (κ3) is 8.65. The van der Waals surface area contributed by atoms with Gasteiger partial charge in [0.25, 0.3) is 0 Å². The average molecular weight is 258 g/mol. The summed E-state index contributed by atoms with van der Waals surface area (Å²) in [5.74, 6) is -0.646. The molecule has 0 fully saturated rings. The molecule has 0 bridgehead atoms. The van der Waals surface area contributed by atoms with E-state index in [4.69, 9.17) is 16.3 Å². The molecule has 0 saturated heterocycles. The molecule has 0 radical (unpaired) electrons. The van der Waals surface area contributed by atoms with Crippen LogP contribution in [0.25, 0.3) is 0 Å². The third-order valence-electron chi connectivity index (χ3n) is 1.58. The Morgan fingerprint density at radius 2 is 2.13 bits per heavy atom. The minimum atomic E-state index is -3.28. The van der Waals surface area contributed by atoms with Crippen LogP contribution in [-0.2, 0) is 19.4 Å². The molecule has 0 aromatic heterocycles. The maximum absolute atomic E-state index is 11.2. The van der Waals surface area contributed by atoms with E-state index in [1.54, 1.807) is 0 Å². The van der Waals surface area contributed by atoms with Crippen LogP contribution in [0, 0.1) is 0 Å². The van der Waals surface area contributed by atoms with Crippen molar-refractivity contribution < 1.29 is 17.9 Å². The van der Waals surface area contributed by atoms with Crippen LogP contribution >= 0.6 is 11.6 Å². The van der Waals surface area contributed by atoms with Crippen molar-refractivity contribution in [2.45, 2.75) is 12.5 Å². The van der Waals surface area contributed by atoms with Crippen molar-refractivity contribution in [3.8, 4) is 0 Å². The number of methoxy groups -OCH3 is 1. The SMILES string of the molecule is COCC(CCCl)NC(=O)CS(C)(=O)=O. The highest BCUT2D eigenvalue weighted by atomic mass is 35.5. The van der Waals surface area contributed by atoms with E-state index in [-0.39, 0.29) is 6.04 Å². The summed E-state index contributed by atoms with van der Waals surface area (Å²) >= 11 is 5.52. The third-order valence-corrected chi connectivity index (χ3v) is 2.59. The zero-order chi connectivity index (χ0) is 11.9. The molecule has 0 spiro atoms. The van der Waals surface area contributed by atoms with E-state index in [2.05, 4.69) is 5.32 Å². The minimum Gasteiger partial charge on any atom is -0.383 e. The molecule has 1 amide bonds. The quantitative estimate of drug-likeness (QED) is 0.641. The molecule has 0 aliphatic heterocycles. The first kappa shape index (κ1) is 14.7. The number of nitrogens with one attached hydrogen (secondary N) is 1. The number of hydrogen-bond acceptors (Lipinski definition) is 4. The maximum atomic E-state index is 11.2. The topological polar surface area (TPSA) is 72.5 Å². The highest BCUT2D eigenvalue weighted by Gasteiger charge is 2.15. The van der Waals surface area contributed by atoms with Crippen molar-refractivity contribution in [3.05, 3.63) is 0 Å². The van der Waals surface area contributed by atoms with Gasteiger partial charge in [0.15, 0.2) is 9.84 Å². The molecule has 0 aromatic rings. The second-order valence-electron chi connectivity index (χ2n) is 3.27. The van der Waals surface area contributed by atoms with Gasteiger partial charge in [0.2, 0.25) is 5.91 Å². The standard InChI is InChI=1S/C8H16ClNO4S/c1-14-5-7(3-4-9)10-8(11)6-15(2,12)13/h7H,3-6H2,1-2H3,(H,10,11). The molecule has 1 atom stereocenters. The first-order valence-electron chi connectivity index (χ1n) is 4.41. The molecule has 5 nitrogen and oxygen atoms in total. The van der Waals surface area contributed by atoms with Crippen LogP contribution < -0.4 is 5.32 Å². The van der Waals surface area contributed by atoms with Crippen LogP contribution in [0.15, 0.2) is 0 Å². The van der Waals surface area contributed by atoms with Gasteiger partial charge in [-0.3, -0.25) is 4.79 Å². The van der Waals surface area contributed by atoms with Crippen LogP contribution in [0.5, 0.6) is 0 Å². The minimum absolute atomic E-state index is 0.234.